The summed E-state index contributed by atoms with van der Waals surface area (Å²) >= 11 is 5.62. The largest absolute Gasteiger partial charge is 0.227 e. The highest BCUT2D eigenvalue weighted by atomic mass is 35.5. The van der Waals surface area contributed by atoms with Crippen molar-refractivity contribution in [1.82, 2.24) is 15.0 Å². The van der Waals surface area contributed by atoms with Crippen molar-refractivity contribution in [3.8, 4) is 0 Å². The molecule has 0 bridgehead atoms. The van der Waals surface area contributed by atoms with E-state index in [1.165, 1.54) is 13.8 Å². The number of aromatic nitrogens is 3. The Morgan fingerprint density at radius 1 is 0.895 bits per heavy atom. The van der Waals surface area contributed by atoms with Crippen molar-refractivity contribution in [2.75, 3.05) is 11.5 Å². The zero-order valence-electron chi connectivity index (χ0n) is 9.90. The summed E-state index contributed by atoms with van der Waals surface area (Å²) in [6, 6.07) is 0. The molecule has 7 nitrogen and oxygen atoms in total. The molecule has 0 unspecified atom stereocenters. The third-order valence-electron chi connectivity index (χ3n) is 1.68. The van der Waals surface area contributed by atoms with Gasteiger partial charge < -0.3 is 0 Å². The van der Waals surface area contributed by atoms with Crippen LogP contribution in [-0.4, -0.2) is 43.3 Å². The second-order valence-corrected chi connectivity index (χ2v) is 11.9. The van der Waals surface area contributed by atoms with E-state index >= 15 is 0 Å². The molecule has 0 aliphatic rings. The predicted octanol–water partition coefficient (Wildman–Crippen LogP) is 1.41. The molecule has 0 radical (unpaired) electrons. The molecule has 1 aromatic heterocycles. The zero-order chi connectivity index (χ0) is 14.7. The minimum atomic E-state index is -3.41. The van der Waals surface area contributed by atoms with Crippen molar-refractivity contribution in [2.24, 2.45) is 0 Å². The van der Waals surface area contributed by atoms with E-state index in [9.17, 15) is 16.8 Å². The molecule has 0 amide bonds. The fraction of sp³-hybridized carbons (Fsp3) is 0.571. The van der Waals surface area contributed by atoms with Crippen LogP contribution in [0.25, 0.3) is 0 Å². The molecule has 0 spiro atoms. The fourth-order valence-corrected chi connectivity index (χ4v) is 4.75. The molecular formula is C7H10ClN3O4S4. The number of hydrogen-bond donors (Lipinski definition) is 0. The van der Waals surface area contributed by atoms with Crippen LogP contribution in [0.1, 0.15) is 13.8 Å². The van der Waals surface area contributed by atoms with Crippen molar-refractivity contribution in [3.05, 3.63) is 5.28 Å². The van der Waals surface area contributed by atoms with Crippen LogP contribution in [0.2, 0.25) is 5.28 Å². The topological polar surface area (TPSA) is 107 Å². The van der Waals surface area contributed by atoms with Crippen molar-refractivity contribution in [2.45, 2.75) is 24.2 Å². The van der Waals surface area contributed by atoms with Crippen molar-refractivity contribution in [3.63, 3.8) is 0 Å². The fourth-order valence-electron chi connectivity index (χ4n) is 0.734. The summed E-state index contributed by atoms with van der Waals surface area (Å²) in [5.74, 6) is -0.201. The van der Waals surface area contributed by atoms with Gasteiger partial charge in [-0.15, -0.1) is 0 Å². The molecule has 0 N–H and O–H groups in total. The lowest BCUT2D eigenvalue weighted by atomic mass is 11.0. The van der Waals surface area contributed by atoms with Crippen LogP contribution in [-0.2, 0) is 17.7 Å². The first-order chi connectivity index (χ1) is 8.67. The molecule has 19 heavy (non-hydrogen) atoms. The first-order valence-corrected chi connectivity index (χ1v) is 11.3. The second kappa shape index (κ2) is 6.57. The molecule has 1 heterocycles. The molecule has 0 saturated heterocycles. The van der Waals surface area contributed by atoms with Gasteiger partial charge in [0.05, 0.1) is 11.5 Å². The second-order valence-electron chi connectivity index (χ2n) is 3.03. The summed E-state index contributed by atoms with van der Waals surface area (Å²) in [4.78, 5) is 11.0. The van der Waals surface area contributed by atoms with Gasteiger partial charge in [-0.3, -0.25) is 0 Å². The smallest absolute Gasteiger partial charge is 0.217 e. The lowest BCUT2D eigenvalue weighted by Gasteiger charge is -2.03. The van der Waals surface area contributed by atoms with Gasteiger partial charge in [0.15, 0.2) is 0 Å². The van der Waals surface area contributed by atoms with Gasteiger partial charge in [-0.2, -0.15) is 15.0 Å². The molecule has 108 valence electrons. The van der Waals surface area contributed by atoms with Crippen LogP contribution < -0.4 is 0 Å². The van der Waals surface area contributed by atoms with Gasteiger partial charge in [0, 0.05) is 21.6 Å². The maximum atomic E-state index is 11.4. The molecule has 0 aliphatic carbocycles. The third kappa shape index (κ3) is 5.81. The molecule has 1 rings (SSSR count). The number of halogens is 1. The Bertz CT molecular complexity index is 607. The van der Waals surface area contributed by atoms with Crippen LogP contribution in [0.4, 0.5) is 0 Å². The van der Waals surface area contributed by atoms with Gasteiger partial charge in [0.1, 0.15) is 0 Å². The number of rotatable bonds is 6. The normalized spacial score (nSPS) is 12.6. The van der Waals surface area contributed by atoms with Crippen LogP contribution in [0.3, 0.4) is 0 Å². The summed E-state index contributed by atoms with van der Waals surface area (Å²) in [5, 5.41) is -0.538. The molecule has 0 atom stereocenters. The predicted molar refractivity (Wildman–Crippen MR) is 75.5 cm³/mol. The molecule has 0 aliphatic heterocycles. The highest BCUT2D eigenvalue weighted by Crippen LogP contribution is 2.27. The van der Waals surface area contributed by atoms with Crippen LogP contribution >= 0.6 is 33.2 Å². The van der Waals surface area contributed by atoms with E-state index in [1.54, 1.807) is 0 Å². The van der Waals surface area contributed by atoms with Gasteiger partial charge >= 0.3 is 0 Å². The highest BCUT2D eigenvalue weighted by Gasteiger charge is 2.18. The Labute approximate surface area is 123 Å². The maximum absolute atomic E-state index is 11.4. The molecule has 0 aromatic carbocycles. The molecular weight excluding hydrogens is 354 g/mol. The van der Waals surface area contributed by atoms with E-state index in [-0.39, 0.29) is 27.1 Å². The summed E-state index contributed by atoms with van der Waals surface area (Å²) in [6.45, 7) is 2.95. The van der Waals surface area contributed by atoms with E-state index in [2.05, 4.69) is 15.0 Å². The third-order valence-corrected chi connectivity index (χ3v) is 8.26. The molecule has 0 saturated carbocycles. The number of hydrogen-bond acceptors (Lipinski definition) is 9. The Balaban J connectivity index is 3.08. The van der Waals surface area contributed by atoms with E-state index in [0.29, 0.717) is 21.6 Å². The maximum Gasteiger partial charge on any atom is 0.227 e. The monoisotopic (exact) mass is 363 g/mol. The van der Waals surface area contributed by atoms with E-state index in [0.717, 1.165) is 0 Å². The molecule has 1 aromatic rings. The highest BCUT2D eigenvalue weighted by molar-refractivity contribution is 8.72. The summed E-state index contributed by atoms with van der Waals surface area (Å²) in [6.07, 6.45) is 0. The quantitative estimate of drug-likeness (QED) is 0.693. The lowest BCUT2D eigenvalue weighted by molar-refractivity contribution is 0.610. The first kappa shape index (κ1) is 17.0. The summed E-state index contributed by atoms with van der Waals surface area (Å²) in [5.41, 5.74) is 0. The average Bonchev–Trinajstić information content (AvgIpc) is 2.27. The Hall–Kier alpha value is -0.100. The Kier molecular flexibility index (Phi) is 5.86. The molecule has 0 fully saturated rings. The van der Waals surface area contributed by atoms with Gasteiger partial charge in [0.25, 0.3) is 0 Å². The first-order valence-electron chi connectivity index (χ1n) is 4.93. The van der Waals surface area contributed by atoms with Crippen LogP contribution in [0.15, 0.2) is 10.3 Å². The Morgan fingerprint density at radius 2 is 1.26 bits per heavy atom. The zero-order valence-corrected chi connectivity index (χ0v) is 13.9. The standard InChI is InChI=1S/C7H10ClN3O4S4/c1-3-18(12,13)16-6-9-5(8)10-7(11-6)17-19(14,15)4-2/h3-4H2,1-2H3. The minimum absolute atomic E-state index is 0.100. The SMILES string of the molecule is CCS(=O)(=O)Sc1nc(Cl)nc(SS(=O)(=O)CC)n1. The van der Waals surface area contributed by atoms with Crippen molar-refractivity contribution >= 4 is 50.9 Å². The van der Waals surface area contributed by atoms with Gasteiger partial charge in [-0.25, -0.2) is 16.8 Å². The lowest BCUT2D eigenvalue weighted by Crippen LogP contribution is -2.03. The van der Waals surface area contributed by atoms with Crippen molar-refractivity contribution < 1.29 is 16.8 Å². The van der Waals surface area contributed by atoms with Gasteiger partial charge in [-0.1, -0.05) is 13.8 Å². The summed E-state index contributed by atoms with van der Waals surface area (Å²) < 4.78 is 45.7. The summed E-state index contributed by atoms with van der Waals surface area (Å²) in [7, 11) is -5.97. The van der Waals surface area contributed by atoms with E-state index < -0.39 is 17.7 Å². The van der Waals surface area contributed by atoms with E-state index in [4.69, 9.17) is 11.6 Å². The molecule has 12 heteroatoms. The van der Waals surface area contributed by atoms with Gasteiger partial charge in [0.2, 0.25) is 33.3 Å². The average molecular weight is 364 g/mol. The minimum Gasteiger partial charge on any atom is -0.217 e. The van der Waals surface area contributed by atoms with E-state index in [1.807, 2.05) is 0 Å². The van der Waals surface area contributed by atoms with Gasteiger partial charge in [-0.05, 0) is 11.6 Å². The number of nitrogens with zero attached hydrogens (tertiary/aromatic N) is 3. The van der Waals surface area contributed by atoms with Crippen LogP contribution in [0, 0.1) is 0 Å². The van der Waals surface area contributed by atoms with Crippen LogP contribution in [0.5, 0.6) is 0 Å². The van der Waals surface area contributed by atoms with Crippen molar-refractivity contribution in [1.29, 1.82) is 0 Å². The Morgan fingerprint density at radius 3 is 1.58 bits per heavy atom.